The molecule has 0 aliphatic carbocycles. The fraction of sp³-hybridized carbons (Fsp3) is 0.240. The first kappa shape index (κ1) is 20.6. The minimum absolute atomic E-state index is 0.128. The molecule has 4 aromatic rings. The number of hydrogen-bond acceptors (Lipinski definition) is 3. The number of rotatable bonds is 5. The average Bonchev–Trinajstić information content (AvgIpc) is 3.16. The number of nitrogens with one attached hydrogen (secondary N) is 1. The summed E-state index contributed by atoms with van der Waals surface area (Å²) in [6, 6.07) is 13.8. The summed E-state index contributed by atoms with van der Waals surface area (Å²) in [6.07, 6.45) is 3.48. The van der Waals surface area contributed by atoms with Gasteiger partial charge < -0.3 is 9.88 Å². The molecule has 0 spiro atoms. The highest BCUT2D eigenvalue weighted by Crippen LogP contribution is 2.23. The van der Waals surface area contributed by atoms with Crippen molar-refractivity contribution in [3.8, 4) is 11.3 Å². The molecule has 2 aromatic carbocycles. The lowest BCUT2D eigenvalue weighted by Gasteiger charge is -2.10. The smallest absolute Gasteiger partial charge is 0.276 e. The molecule has 0 unspecified atom stereocenters. The van der Waals surface area contributed by atoms with Gasteiger partial charge in [-0.25, -0.2) is 4.52 Å². The monoisotopic (exact) mass is 414 g/mol. The molecule has 1 N–H and O–H groups in total. The van der Waals surface area contributed by atoms with Crippen LogP contribution in [0.4, 0.5) is 0 Å². The van der Waals surface area contributed by atoms with Crippen LogP contribution in [0, 0.1) is 27.7 Å². The molecule has 158 valence electrons. The number of nitrogens with zero attached hydrogens (tertiary/aromatic N) is 3. The molecule has 0 radical (unpaired) electrons. The van der Waals surface area contributed by atoms with Crippen LogP contribution in [0.15, 0.2) is 59.7 Å². The molecule has 0 bridgehead atoms. The second-order valence-corrected chi connectivity index (χ2v) is 8.05. The van der Waals surface area contributed by atoms with E-state index in [1.807, 2.05) is 57.2 Å². The Labute approximate surface area is 181 Å². The summed E-state index contributed by atoms with van der Waals surface area (Å²) in [4.78, 5) is 25.5. The molecule has 4 rings (SSSR count). The van der Waals surface area contributed by atoms with E-state index in [0.717, 1.165) is 27.9 Å². The van der Waals surface area contributed by atoms with Crippen LogP contribution >= 0.6 is 0 Å². The molecule has 0 saturated carbocycles. The Morgan fingerprint density at radius 1 is 0.935 bits per heavy atom. The van der Waals surface area contributed by atoms with Crippen molar-refractivity contribution in [3.63, 3.8) is 0 Å². The third-order valence-electron chi connectivity index (χ3n) is 5.54. The van der Waals surface area contributed by atoms with Gasteiger partial charge in [0.2, 0.25) is 0 Å². The Morgan fingerprint density at radius 3 is 2.45 bits per heavy atom. The van der Waals surface area contributed by atoms with Gasteiger partial charge in [-0.05, 0) is 51.0 Å². The molecule has 1 amide bonds. The third kappa shape index (κ3) is 4.14. The minimum atomic E-state index is -0.132. The van der Waals surface area contributed by atoms with E-state index in [0.29, 0.717) is 24.2 Å². The van der Waals surface area contributed by atoms with Crippen molar-refractivity contribution in [2.75, 3.05) is 6.54 Å². The summed E-state index contributed by atoms with van der Waals surface area (Å²) in [5, 5.41) is 7.49. The Morgan fingerprint density at radius 2 is 1.68 bits per heavy atom. The van der Waals surface area contributed by atoms with Crippen molar-refractivity contribution in [3.05, 3.63) is 93.0 Å². The Bertz CT molecular complexity index is 1350. The fourth-order valence-electron chi connectivity index (χ4n) is 3.80. The molecule has 31 heavy (non-hydrogen) atoms. The van der Waals surface area contributed by atoms with Gasteiger partial charge in [-0.3, -0.25) is 9.59 Å². The number of benzene rings is 2. The van der Waals surface area contributed by atoms with Crippen LogP contribution in [-0.4, -0.2) is 26.6 Å². The minimum Gasteiger partial charge on any atom is -0.350 e. The number of carbonyl (C=O) groups excluding carboxylic acids is 1. The van der Waals surface area contributed by atoms with Crippen LogP contribution < -0.4 is 10.9 Å². The predicted molar refractivity (Wildman–Crippen MR) is 123 cm³/mol. The lowest BCUT2D eigenvalue weighted by molar-refractivity contribution is 0.0951. The number of amides is 1. The first-order valence-electron chi connectivity index (χ1n) is 10.4. The van der Waals surface area contributed by atoms with Gasteiger partial charge in [-0.1, -0.05) is 41.5 Å². The maximum absolute atomic E-state index is 12.9. The second-order valence-electron chi connectivity index (χ2n) is 8.05. The number of fused-ring (bicyclic) bond motifs is 1. The van der Waals surface area contributed by atoms with Crippen molar-refractivity contribution < 1.29 is 4.79 Å². The van der Waals surface area contributed by atoms with E-state index in [1.165, 1.54) is 5.56 Å². The fourth-order valence-corrected chi connectivity index (χ4v) is 3.80. The molecular formula is C25H26N4O2. The van der Waals surface area contributed by atoms with E-state index >= 15 is 0 Å². The largest absolute Gasteiger partial charge is 0.350 e. The number of aromatic nitrogens is 3. The maximum Gasteiger partial charge on any atom is 0.276 e. The predicted octanol–water partition coefficient (Wildman–Crippen LogP) is 3.83. The highest BCUT2D eigenvalue weighted by atomic mass is 16.1. The lowest BCUT2D eigenvalue weighted by atomic mass is 10.0. The van der Waals surface area contributed by atoms with Gasteiger partial charge in [0.05, 0.1) is 5.69 Å². The van der Waals surface area contributed by atoms with E-state index in [2.05, 4.69) is 23.4 Å². The molecule has 6 nitrogen and oxygen atoms in total. The zero-order valence-electron chi connectivity index (χ0n) is 18.3. The van der Waals surface area contributed by atoms with Crippen molar-refractivity contribution in [2.45, 2.75) is 34.2 Å². The normalized spacial score (nSPS) is 11.1. The van der Waals surface area contributed by atoms with Gasteiger partial charge in [-0.2, -0.15) is 5.10 Å². The molecule has 0 aliphatic heterocycles. The highest BCUT2D eigenvalue weighted by Gasteiger charge is 2.12. The quantitative estimate of drug-likeness (QED) is 0.540. The van der Waals surface area contributed by atoms with Gasteiger partial charge >= 0.3 is 0 Å². The van der Waals surface area contributed by atoms with Gasteiger partial charge in [0.15, 0.2) is 0 Å². The number of hydrogen-bond donors (Lipinski definition) is 1. The maximum atomic E-state index is 12.9. The number of carbonyl (C=O) groups is 1. The van der Waals surface area contributed by atoms with Crippen molar-refractivity contribution in [2.24, 2.45) is 0 Å². The van der Waals surface area contributed by atoms with Crippen LogP contribution in [0.1, 0.15) is 32.6 Å². The summed E-state index contributed by atoms with van der Waals surface area (Å²) in [6.45, 7) is 8.72. The van der Waals surface area contributed by atoms with Crippen molar-refractivity contribution >= 4 is 11.4 Å². The molecule has 0 fully saturated rings. The molecular weight excluding hydrogens is 388 g/mol. The zero-order valence-corrected chi connectivity index (χ0v) is 18.3. The summed E-state index contributed by atoms with van der Waals surface area (Å²) in [7, 11) is 0. The van der Waals surface area contributed by atoms with E-state index in [1.54, 1.807) is 21.5 Å². The van der Waals surface area contributed by atoms with Gasteiger partial charge in [0.1, 0.15) is 5.52 Å². The van der Waals surface area contributed by atoms with E-state index in [-0.39, 0.29) is 11.5 Å². The van der Waals surface area contributed by atoms with E-state index in [9.17, 15) is 9.59 Å². The molecule has 0 atom stereocenters. The van der Waals surface area contributed by atoms with Crippen molar-refractivity contribution in [1.82, 2.24) is 19.5 Å². The van der Waals surface area contributed by atoms with E-state index < -0.39 is 0 Å². The van der Waals surface area contributed by atoms with Gasteiger partial charge in [0, 0.05) is 36.6 Å². The summed E-state index contributed by atoms with van der Waals surface area (Å²) < 4.78 is 3.22. The van der Waals surface area contributed by atoms with Crippen LogP contribution in [0.2, 0.25) is 0 Å². The summed E-state index contributed by atoms with van der Waals surface area (Å²) in [5.74, 6) is -0.128. The molecule has 0 aliphatic rings. The first-order chi connectivity index (χ1) is 14.8. The Kier molecular flexibility index (Phi) is 5.46. The van der Waals surface area contributed by atoms with Crippen LogP contribution in [-0.2, 0) is 6.54 Å². The highest BCUT2D eigenvalue weighted by molar-refractivity contribution is 5.95. The Hall–Kier alpha value is -3.67. The zero-order chi connectivity index (χ0) is 22.1. The molecule has 2 heterocycles. The third-order valence-corrected chi connectivity index (χ3v) is 5.54. The lowest BCUT2D eigenvalue weighted by Crippen LogP contribution is -2.31. The molecule has 6 heteroatoms. The molecule has 0 saturated heterocycles. The van der Waals surface area contributed by atoms with E-state index in [4.69, 9.17) is 0 Å². The molecule has 2 aromatic heterocycles. The SMILES string of the molecule is Cc1ccc(-c2cc3c(=O)n(CCNC(=O)c4cc(C)ccc4C)ccn3n2)c(C)c1. The van der Waals surface area contributed by atoms with Crippen molar-refractivity contribution in [1.29, 1.82) is 0 Å². The standard InChI is InChI=1S/C25H26N4O2/c1-16-6-8-20(19(4)13-16)22-15-23-25(31)28(11-12-29(23)27-22)10-9-26-24(30)21-14-17(2)5-7-18(21)3/h5-8,11-15H,9-10H2,1-4H3,(H,26,30). The average molecular weight is 415 g/mol. The van der Waals surface area contributed by atoms with Crippen LogP contribution in [0.25, 0.3) is 16.8 Å². The summed E-state index contributed by atoms with van der Waals surface area (Å²) in [5.41, 5.74) is 7.12. The topological polar surface area (TPSA) is 68.4 Å². The summed E-state index contributed by atoms with van der Waals surface area (Å²) >= 11 is 0. The van der Waals surface area contributed by atoms with Gasteiger partial charge in [0.25, 0.3) is 11.5 Å². The van der Waals surface area contributed by atoms with Crippen LogP contribution in [0.3, 0.4) is 0 Å². The second kappa shape index (κ2) is 8.22. The first-order valence-corrected chi connectivity index (χ1v) is 10.4. The van der Waals surface area contributed by atoms with Crippen LogP contribution in [0.5, 0.6) is 0 Å². The number of aryl methyl sites for hydroxylation is 4. The van der Waals surface area contributed by atoms with Gasteiger partial charge in [-0.15, -0.1) is 0 Å². The Balaban J connectivity index is 1.52.